The Morgan fingerprint density at radius 3 is 2.47 bits per heavy atom. The number of carbonyl (C=O) groups is 1. The molecule has 0 saturated carbocycles. The van der Waals surface area contributed by atoms with Gasteiger partial charge in [0.25, 0.3) is 0 Å². The van der Waals surface area contributed by atoms with Gasteiger partial charge >= 0.3 is 0 Å². The van der Waals surface area contributed by atoms with Crippen molar-refractivity contribution in [2.24, 2.45) is 5.73 Å². The van der Waals surface area contributed by atoms with Crippen LogP contribution in [0.2, 0.25) is 0 Å². The first kappa shape index (κ1) is 17.9. The second-order valence-electron chi connectivity index (χ2n) is 4.62. The minimum absolute atomic E-state index is 0. The maximum absolute atomic E-state index is 11.6. The summed E-state index contributed by atoms with van der Waals surface area (Å²) < 4.78 is 4.84. The van der Waals surface area contributed by atoms with Crippen LogP contribution in [0.15, 0.2) is 24.3 Å². The van der Waals surface area contributed by atoms with Crippen LogP contribution in [-0.4, -0.2) is 32.2 Å². The zero-order valence-electron chi connectivity index (χ0n) is 11.7. The van der Waals surface area contributed by atoms with E-state index < -0.39 is 6.04 Å². The number of nitrogens with one attached hydrogen (secondary N) is 1. The van der Waals surface area contributed by atoms with Gasteiger partial charge in [-0.1, -0.05) is 36.8 Å². The highest BCUT2D eigenvalue weighted by Crippen LogP contribution is 2.14. The lowest BCUT2D eigenvalue weighted by atomic mass is 10.00. The van der Waals surface area contributed by atoms with Crippen molar-refractivity contribution in [1.82, 2.24) is 5.32 Å². The Hall–Kier alpha value is -1.10. The molecular weight excluding hydrogens is 264 g/mol. The number of methoxy groups -OCH3 is 1. The number of ether oxygens (including phenoxy) is 1. The second-order valence-corrected chi connectivity index (χ2v) is 4.62. The molecule has 0 aromatic heterocycles. The molecule has 0 fully saturated rings. The van der Waals surface area contributed by atoms with Crippen LogP contribution < -0.4 is 11.1 Å². The fourth-order valence-electron chi connectivity index (χ4n) is 1.65. The van der Waals surface area contributed by atoms with Gasteiger partial charge in [0.15, 0.2) is 0 Å². The van der Waals surface area contributed by atoms with Crippen molar-refractivity contribution < 1.29 is 9.53 Å². The summed E-state index contributed by atoms with van der Waals surface area (Å²) in [7, 11) is 1.53. The summed E-state index contributed by atoms with van der Waals surface area (Å²) in [4.78, 5) is 11.6. The van der Waals surface area contributed by atoms with Gasteiger partial charge in [-0.15, -0.1) is 12.4 Å². The van der Waals surface area contributed by atoms with Crippen LogP contribution in [0.4, 0.5) is 0 Å². The minimum Gasteiger partial charge on any atom is -0.383 e. The van der Waals surface area contributed by atoms with Gasteiger partial charge in [-0.05, 0) is 18.4 Å². The molecule has 0 aliphatic rings. The van der Waals surface area contributed by atoms with Crippen LogP contribution in [0.5, 0.6) is 0 Å². The van der Waals surface area contributed by atoms with Crippen molar-refractivity contribution in [2.75, 3.05) is 20.3 Å². The molecule has 0 heterocycles. The minimum atomic E-state index is -0.597. The number of carbonyl (C=O) groups excluding carboxylic acids is 1. The summed E-state index contributed by atoms with van der Waals surface area (Å²) in [6.07, 6.45) is 0. The number of aryl methyl sites for hydroxylation is 1. The Bertz CT molecular complexity index is 382. The van der Waals surface area contributed by atoms with E-state index in [0.717, 1.165) is 0 Å². The van der Waals surface area contributed by atoms with E-state index in [4.69, 9.17) is 10.5 Å². The van der Waals surface area contributed by atoms with Gasteiger partial charge in [0.05, 0.1) is 6.61 Å². The molecule has 5 heteroatoms. The van der Waals surface area contributed by atoms with Crippen LogP contribution in [0.25, 0.3) is 0 Å². The van der Waals surface area contributed by atoms with Gasteiger partial charge in [-0.2, -0.15) is 0 Å². The second kappa shape index (κ2) is 8.91. The van der Waals surface area contributed by atoms with E-state index in [1.54, 1.807) is 0 Å². The lowest BCUT2D eigenvalue weighted by molar-refractivity contribution is -0.123. The zero-order valence-corrected chi connectivity index (χ0v) is 12.5. The molecule has 1 aromatic carbocycles. The van der Waals surface area contributed by atoms with Crippen molar-refractivity contribution in [2.45, 2.75) is 25.8 Å². The molecule has 1 amide bonds. The third-order valence-electron chi connectivity index (χ3n) is 2.91. The molecule has 2 unspecified atom stereocenters. The Kier molecular flexibility index (Phi) is 8.39. The average Bonchev–Trinajstić information content (AvgIpc) is 2.36. The molecule has 0 spiro atoms. The van der Waals surface area contributed by atoms with Gasteiger partial charge in [-0.3, -0.25) is 4.79 Å². The third-order valence-corrected chi connectivity index (χ3v) is 2.91. The van der Waals surface area contributed by atoms with E-state index in [0.29, 0.717) is 6.54 Å². The van der Waals surface area contributed by atoms with Crippen molar-refractivity contribution >= 4 is 18.3 Å². The molecule has 0 aliphatic heterocycles. The summed E-state index contributed by atoms with van der Waals surface area (Å²) in [5, 5.41) is 2.84. The van der Waals surface area contributed by atoms with Gasteiger partial charge in [-0.25, -0.2) is 0 Å². The number of halogens is 1. The fraction of sp³-hybridized carbons (Fsp3) is 0.500. The fourth-order valence-corrected chi connectivity index (χ4v) is 1.65. The first-order chi connectivity index (χ1) is 8.54. The lowest BCUT2D eigenvalue weighted by Gasteiger charge is -2.16. The maximum Gasteiger partial charge on any atom is 0.239 e. The highest BCUT2D eigenvalue weighted by atomic mass is 35.5. The summed E-state index contributed by atoms with van der Waals surface area (Å²) in [5.41, 5.74) is 8.08. The molecule has 2 atom stereocenters. The van der Waals surface area contributed by atoms with E-state index in [1.807, 2.05) is 0 Å². The van der Waals surface area contributed by atoms with Gasteiger partial charge in [0, 0.05) is 13.7 Å². The topological polar surface area (TPSA) is 64.3 Å². The van der Waals surface area contributed by atoms with Crippen LogP contribution >= 0.6 is 12.4 Å². The summed E-state index contributed by atoms with van der Waals surface area (Å²) >= 11 is 0. The molecule has 3 N–H and O–H groups in total. The van der Waals surface area contributed by atoms with Gasteiger partial charge < -0.3 is 15.8 Å². The number of hydrogen-bond acceptors (Lipinski definition) is 3. The Balaban J connectivity index is 0.00000324. The molecule has 1 aromatic rings. The molecular formula is C14H23ClN2O2. The predicted molar refractivity (Wildman–Crippen MR) is 79.7 cm³/mol. The third kappa shape index (κ3) is 6.05. The highest BCUT2D eigenvalue weighted by molar-refractivity contribution is 5.85. The van der Waals surface area contributed by atoms with Crippen LogP contribution in [0.1, 0.15) is 24.0 Å². The van der Waals surface area contributed by atoms with Crippen molar-refractivity contribution in [1.29, 1.82) is 0 Å². The number of rotatable bonds is 6. The average molecular weight is 287 g/mol. The molecule has 0 saturated heterocycles. The van der Waals surface area contributed by atoms with E-state index in [1.165, 1.54) is 18.2 Å². The molecule has 0 radical (unpaired) electrons. The smallest absolute Gasteiger partial charge is 0.239 e. The summed E-state index contributed by atoms with van der Waals surface area (Å²) in [6, 6.07) is 7.72. The summed E-state index contributed by atoms with van der Waals surface area (Å²) in [5.74, 6) is 0.0973. The number of amides is 1. The molecule has 4 nitrogen and oxygen atoms in total. The Labute approximate surface area is 121 Å². The molecule has 0 bridgehead atoms. The normalized spacial score (nSPS) is 13.3. The largest absolute Gasteiger partial charge is 0.383 e. The predicted octanol–water partition coefficient (Wildman–Crippen LogP) is 1.61. The summed E-state index contributed by atoms with van der Waals surface area (Å²) in [6.45, 7) is 4.96. The monoisotopic (exact) mass is 286 g/mol. The Morgan fingerprint density at radius 2 is 1.95 bits per heavy atom. The maximum atomic E-state index is 11.6. The van der Waals surface area contributed by atoms with Crippen LogP contribution in [0.3, 0.4) is 0 Å². The highest BCUT2D eigenvalue weighted by Gasteiger charge is 2.14. The first-order valence-electron chi connectivity index (χ1n) is 6.13. The van der Waals surface area contributed by atoms with E-state index >= 15 is 0 Å². The van der Waals surface area contributed by atoms with Crippen molar-refractivity contribution in [3.8, 4) is 0 Å². The standard InChI is InChI=1S/C14H22N2O2.ClH/c1-10-4-6-12(7-5-10)11(2)8-16-14(17)13(15)9-18-3;/h4-7,11,13H,8-9,15H2,1-3H3,(H,16,17);1H. The van der Waals surface area contributed by atoms with Crippen LogP contribution in [0, 0.1) is 6.92 Å². The lowest BCUT2D eigenvalue weighted by Crippen LogP contribution is -2.44. The van der Waals surface area contributed by atoms with E-state index in [9.17, 15) is 4.79 Å². The van der Waals surface area contributed by atoms with Crippen LogP contribution in [-0.2, 0) is 9.53 Å². The van der Waals surface area contributed by atoms with E-state index in [2.05, 4.69) is 43.4 Å². The van der Waals surface area contributed by atoms with Crippen molar-refractivity contribution in [3.05, 3.63) is 35.4 Å². The Morgan fingerprint density at radius 1 is 1.37 bits per heavy atom. The van der Waals surface area contributed by atoms with Gasteiger partial charge in [0.1, 0.15) is 6.04 Å². The van der Waals surface area contributed by atoms with Crippen molar-refractivity contribution in [3.63, 3.8) is 0 Å². The molecule has 1 rings (SSSR count). The molecule has 19 heavy (non-hydrogen) atoms. The molecule has 0 aliphatic carbocycles. The number of benzene rings is 1. The van der Waals surface area contributed by atoms with E-state index in [-0.39, 0.29) is 30.8 Å². The molecule has 108 valence electrons. The zero-order chi connectivity index (χ0) is 13.5. The van der Waals surface area contributed by atoms with Gasteiger partial charge in [0.2, 0.25) is 5.91 Å². The number of nitrogens with two attached hydrogens (primary N) is 1. The number of hydrogen-bond donors (Lipinski definition) is 2. The first-order valence-corrected chi connectivity index (χ1v) is 6.13. The quantitative estimate of drug-likeness (QED) is 0.835. The SMILES string of the molecule is COCC(N)C(=O)NCC(C)c1ccc(C)cc1.Cl.